The van der Waals surface area contributed by atoms with Gasteiger partial charge in [-0.1, -0.05) is 62.4 Å². The molecular weight excluding hydrogens is 671 g/mol. The number of aliphatic hydroxyl groups excluding tert-OH is 1. The average molecular weight is 728 g/mol. The summed E-state index contributed by atoms with van der Waals surface area (Å²) in [5.41, 5.74) is 1.79. The molecule has 1 saturated carbocycles. The predicted molar refractivity (Wildman–Crippen MR) is 196 cm³/mol. The highest BCUT2D eigenvalue weighted by Gasteiger charge is 2.39. The molecule has 1 saturated heterocycles. The van der Waals surface area contributed by atoms with Gasteiger partial charge in [0.15, 0.2) is 0 Å². The highest BCUT2D eigenvalue weighted by atomic mass is 32.1. The van der Waals surface area contributed by atoms with Crippen LogP contribution in [0.15, 0.2) is 41.2 Å². The minimum absolute atomic E-state index is 0.0209. The van der Waals surface area contributed by atoms with Crippen LogP contribution in [-0.4, -0.2) is 100 Å². The van der Waals surface area contributed by atoms with Gasteiger partial charge in [-0.05, 0) is 51.5 Å². The number of benzene rings is 1. The lowest BCUT2D eigenvalue weighted by atomic mass is 9.80. The van der Waals surface area contributed by atoms with Gasteiger partial charge >= 0.3 is 0 Å². The van der Waals surface area contributed by atoms with Gasteiger partial charge in [-0.15, -0.1) is 11.3 Å². The Morgan fingerprint density at radius 3 is 2.33 bits per heavy atom. The minimum Gasteiger partial charge on any atom is -0.391 e. The third-order valence-corrected chi connectivity index (χ3v) is 10.7. The van der Waals surface area contributed by atoms with Crippen molar-refractivity contribution in [1.29, 1.82) is 0 Å². The molecule has 4 rings (SSSR count). The number of carbonyl (C=O) groups excluding carboxylic acids is 4. The summed E-state index contributed by atoms with van der Waals surface area (Å²) in [5.74, 6) is -2.77. The molecule has 2 fully saturated rings. The summed E-state index contributed by atoms with van der Waals surface area (Å²) in [6, 6.07) is 7.74. The van der Waals surface area contributed by atoms with E-state index in [2.05, 4.69) is 20.9 Å². The number of aliphatic hydroxyl groups is 2. The highest BCUT2D eigenvalue weighted by Crippen LogP contribution is 2.30. The monoisotopic (exact) mass is 727 g/mol. The van der Waals surface area contributed by atoms with Gasteiger partial charge in [0, 0.05) is 37.9 Å². The van der Waals surface area contributed by atoms with Crippen LogP contribution >= 0.6 is 11.3 Å². The average Bonchev–Trinajstić information content (AvgIpc) is 3.63. The quantitative estimate of drug-likeness (QED) is 0.156. The van der Waals surface area contributed by atoms with E-state index in [0.717, 1.165) is 37.7 Å². The predicted octanol–water partition coefficient (Wildman–Crippen LogP) is 3.01. The zero-order chi connectivity index (χ0) is 36.8. The largest absolute Gasteiger partial charge is 0.391 e. The first-order chi connectivity index (χ1) is 24.4. The molecule has 4 amide bonds. The Hall–Kier alpha value is -3.39. The molecule has 0 radical (unpaired) electrons. The number of hydrogen-bond acceptors (Lipinski definition) is 9. The topological polar surface area (TPSA) is 170 Å². The maximum atomic E-state index is 14.3. The summed E-state index contributed by atoms with van der Waals surface area (Å²) in [6.07, 6.45) is 4.96. The standard InChI is InChI=1S/C38H57N5O7S/c1-4-39-36(47)30(38(2,3)49)23-33(44)31(20-27-13-9-6-10-14-27)41-37(48)32(22-29-24-51-25-40-29)42-35(46)28(19-26-11-7-5-8-12-26)21-34(45)43-15-17-50-18-16-43/h5,7-8,11-12,24-25,27-28,30-33,44,49H,4,6,9-10,13-23H2,1-3H3,(H,39,47)(H,41,48)(H,42,46)/t28?,30?,31?,32-,33?/m0/s1. The van der Waals surface area contributed by atoms with Crippen molar-refractivity contribution in [2.75, 3.05) is 32.8 Å². The van der Waals surface area contributed by atoms with Crippen LogP contribution in [0.5, 0.6) is 0 Å². The molecule has 13 heteroatoms. The number of nitrogens with one attached hydrogen (secondary N) is 3. The zero-order valence-corrected chi connectivity index (χ0v) is 31.2. The van der Waals surface area contributed by atoms with Gasteiger partial charge in [-0.25, -0.2) is 4.98 Å². The van der Waals surface area contributed by atoms with Crippen LogP contribution in [0.25, 0.3) is 0 Å². The van der Waals surface area contributed by atoms with Gasteiger partial charge < -0.3 is 35.8 Å². The Morgan fingerprint density at radius 2 is 1.71 bits per heavy atom. The Morgan fingerprint density at radius 1 is 1.00 bits per heavy atom. The van der Waals surface area contributed by atoms with Gasteiger partial charge in [0.1, 0.15) is 6.04 Å². The lowest BCUT2D eigenvalue weighted by molar-refractivity contribution is -0.140. The molecule has 5 atom stereocenters. The van der Waals surface area contributed by atoms with Crippen LogP contribution in [0.1, 0.15) is 83.4 Å². The van der Waals surface area contributed by atoms with Crippen LogP contribution in [0, 0.1) is 17.8 Å². The number of carbonyl (C=O) groups is 4. The number of thiazole rings is 1. The van der Waals surface area contributed by atoms with Crippen LogP contribution in [0.4, 0.5) is 0 Å². The fourth-order valence-electron chi connectivity index (χ4n) is 7.15. The molecule has 0 bridgehead atoms. The number of ether oxygens (including phenoxy) is 1. The summed E-state index contributed by atoms with van der Waals surface area (Å²) < 4.78 is 5.41. The third-order valence-electron chi connectivity index (χ3n) is 10.1. The van der Waals surface area contributed by atoms with Crippen molar-refractivity contribution in [1.82, 2.24) is 25.8 Å². The molecule has 12 nitrogen and oxygen atoms in total. The smallest absolute Gasteiger partial charge is 0.243 e. The lowest BCUT2D eigenvalue weighted by Crippen LogP contribution is -2.56. The van der Waals surface area contributed by atoms with Crippen LogP contribution in [-0.2, 0) is 36.8 Å². The molecule has 1 aliphatic carbocycles. The number of amides is 4. The number of nitrogens with zero attached hydrogens (tertiary/aromatic N) is 2. The molecule has 0 spiro atoms. The maximum Gasteiger partial charge on any atom is 0.243 e. The molecule has 1 aliphatic heterocycles. The van der Waals surface area contributed by atoms with Gasteiger partial charge in [0.2, 0.25) is 23.6 Å². The van der Waals surface area contributed by atoms with E-state index in [1.807, 2.05) is 35.7 Å². The van der Waals surface area contributed by atoms with E-state index in [0.29, 0.717) is 51.4 Å². The first-order valence-corrected chi connectivity index (χ1v) is 19.4. The van der Waals surface area contributed by atoms with Crippen molar-refractivity contribution >= 4 is 35.0 Å². The summed E-state index contributed by atoms with van der Waals surface area (Å²) in [6.45, 7) is 7.09. The fourth-order valence-corrected chi connectivity index (χ4v) is 7.72. The Kier molecular flexibility index (Phi) is 15.8. The van der Waals surface area contributed by atoms with Crippen molar-refractivity contribution < 1.29 is 34.1 Å². The van der Waals surface area contributed by atoms with E-state index in [1.165, 1.54) is 11.3 Å². The normalized spacial score (nSPS) is 18.6. The Labute approximate surface area is 306 Å². The zero-order valence-electron chi connectivity index (χ0n) is 30.4. The van der Waals surface area contributed by atoms with Crippen LogP contribution in [0.3, 0.4) is 0 Å². The summed E-state index contributed by atoms with van der Waals surface area (Å²) >= 11 is 1.38. The number of morpholine rings is 1. The fraction of sp³-hybridized carbons (Fsp3) is 0.658. The lowest BCUT2D eigenvalue weighted by Gasteiger charge is -2.35. The molecular formula is C38H57N5O7S. The molecule has 282 valence electrons. The first-order valence-electron chi connectivity index (χ1n) is 18.5. The molecule has 2 aromatic rings. The third kappa shape index (κ3) is 13.0. The van der Waals surface area contributed by atoms with E-state index in [1.54, 1.807) is 31.2 Å². The summed E-state index contributed by atoms with van der Waals surface area (Å²) in [4.78, 5) is 60.8. The Balaban J connectivity index is 1.56. The van der Waals surface area contributed by atoms with Gasteiger partial charge in [-0.2, -0.15) is 0 Å². The second kappa shape index (κ2) is 20.0. The minimum atomic E-state index is -1.41. The molecule has 2 heterocycles. The molecule has 1 aromatic carbocycles. The first kappa shape index (κ1) is 40.4. The molecule has 4 unspecified atom stereocenters. The number of aromatic nitrogens is 1. The Bertz CT molecular complexity index is 1370. The summed E-state index contributed by atoms with van der Waals surface area (Å²) in [7, 11) is 0. The van der Waals surface area contributed by atoms with Gasteiger partial charge in [0.05, 0.1) is 54.0 Å². The molecule has 1 aromatic heterocycles. The number of rotatable bonds is 18. The van der Waals surface area contributed by atoms with Crippen molar-refractivity contribution in [3.63, 3.8) is 0 Å². The van der Waals surface area contributed by atoms with E-state index in [9.17, 15) is 29.4 Å². The maximum absolute atomic E-state index is 14.3. The second-order valence-electron chi connectivity index (χ2n) is 14.6. The van der Waals surface area contributed by atoms with E-state index in [-0.39, 0.29) is 37.0 Å². The summed E-state index contributed by atoms with van der Waals surface area (Å²) in [5, 5.41) is 33.2. The van der Waals surface area contributed by atoms with Crippen molar-refractivity contribution in [2.45, 2.75) is 109 Å². The van der Waals surface area contributed by atoms with Crippen molar-refractivity contribution in [2.24, 2.45) is 17.8 Å². The van der Waals surface area contributed by atoms with E-state index >= 15 is 0 Å². The van der Waals surface area contributed by atoms with E-state index < -0.39 is 47.4 Å². The van der Waals surface area contributed by atoms with Crippen molar-refractivity contribution in [3.8, 4) is 0 Å². The van der Waals surface area contributed by atoms with Crippen molar-refractivity contribution in [3.05, 3.63) is 52.5 Å². The van der Waals surface area contributed by atoms with Gasteiger partial charge in [0.25, 0.3) is 0 Å². The highest BCUT2D eigenvalue weighted by molar-refractivity contribution is 7.07. The van der Waals surface area contributed by atoms with Gasteiger partial charge in [-0.3, -0.25) is 19.2 Å². The molecule has 5 N–H and O–H groups in total. The van der Waals surface area contributed by atoms with Crippen LogP contribution < -0.4 is 16.0 Å². The van der Waals surface area contributed by atoms with Crippen LogP contribution in [0.2, 0.25) is 0 Å². The number of hydrogen-bond donors (Lipinski definition) is 5. The SMILES string of the molecule is CCNC(=O)C(CC(O)C(CC1CCCCC1)NC(=O)[C@H](Cc1cscn1)NC(=O)C(CC(=O)N1CCOCC1)Cc1ccccc1)C(C)(C)O. The second-order valence-corrected chi connectivity index (χ2v) is 15.3. The molecule has 2 aliphatic rings. The van der Waals surface area contributed by atoms with E-state index in [4.69, 9.17) is 4.74 Å². The molecule has 51 heavy (non-hydrogen) atoms.